The number of aliphatic imine (C=N–C) groups is 2. The van der Waals surface area contributed by atoms with Gasteiger partial charge in [-0.2, -0.15) is 0 Å². The summed E-state index contributed by atoms with van der Waals surface area (Å²) in [5.74, 6) is 0.138. The standard InChI is InChI=1S/C33H45FN6O4/c1-6-11-36-32(25(4)38-21-24(3)26-7-10-31(42-5)30(34)19-26)39-27-8-9-29(23(2)18-27)33(41)37-12-15-43-16-13-40-14-17-44-28(20-35)22-40/h6-11,18-19,21,28H,12-17,20,22,35H2,1-5H3,(H,36,39)(H,37,41)/b11-6-,24-21+,38-25?. The highest BCUT2D eigenvalue weighted by Gasteiger charge is 2.18. The van der Waals surface area contributed by atoms with Crippen molar-refractivity contribution in [3.8, 4) is 5.75 Å². The van der Waals surface area contributed by atoms with Crippen molar-refractivity contribution in [2.75, 3.05) is 65.0 Å². The van der Waals surface area contributed by atoms with E-state index in [0.29, 0.717) is 55.6 Å². The van der Waals surface area contributed by atoms with E-state index in [4.69, 9.17) is 19.9 Å². The van der Waals surface area contributed by atoms with Gasteiger partial charge in [0.15, 0.2) is 17.4 Å². The van der Waals surface area contributed by atoms with Crippen LogP contribution in [0.3, 0.4) is 0 Å². The number of amidine groups is 1. The van der Waals surface area contributed by atoms with Crippen LogP contribution in [0, 0.1) is 12.7 Å². The lowest BCUT2D eigenvalue weighted by atomic mass is 10.1. The molecule has 1 fully saturated rings. The first-order valence-corrected chi connectivity index (χ1v) is 14.8. The number of anilines is 1. The Labute approximate surface area is 259 Å². The smallest absolute Gasteiger partial charge is 0.251 e. The summed E-state index contributed by atoms with van der Waals surface area (Å²) < 4.78 is 30.5. The minimum atomic E-state index is -0.433. The van der Waals surface area contributed by atoms with Crippen LogP contribution in [0.25, 0.3) is 5.57 Å². The highest BCUT2D eigenvalue weighted by atomic mass is 19.1. The molecule has 11 heteroatoms. The van der Waals surface area contributed by atoms with Crippen molar-refractivity contribution < 1.29 is 23.4 Å². The van der Waals surface area contributed by atoms with E-state index in [-0.39, 0.29) is 17.8 Å². The van der Waals surface area contributed by atoms with Crippen LogP contribution in [0.2, 0.25) is 0 Å². The number of aryl methyl sites for hydroxylation is 1. The Morgan fingerprint density at radius 1 is 1.20 bits per heavy atom. The zero-order valence-electron chi connectivity index (χ0n) is 26.4. The molecule has 1 unspecified atom stereocenters. The molecular weight excluding hydrogens is 563 g/mol. The lowest BCUT2D eigenvalue weighted by molar-refractivity contribution is -0.0311. The first kappa shape index (κ1) is 34.6. The minimum absolute atomic E-state index is 0.0856. The number of nitrogens with two attached hydrogens (primary N) is 1. The number of nitrogens with zero attached hydrogens (tertiary/aromatic N) is 3. The van der Waals surface area contributed by atoms with Crippen LogP contribution in [0.1, 0.15) is 42.3 Å². The van der Waals surface area contributed by atoms with E-state index in [1.807, 2.05) is 45.9 Å². The van der Waals surface area contributed by atoms with Gasteiger partial charge in [0.2, 0.25) is 0 Å². The van der Waals surface area contributed by atoms with Gasteiger partial charge in [-0.25, -0.2) is 9.38 Å². The quantitative estimate of drug-likeness (QED) is 0.165. The van der Waals surface area contributed by atoms with Gasteiger partial charge in [0, 0.05) is 56.4 Å². The highest BCUT2D eigenvalue weighted by molar-refractivity contribution is 6.45. The van der Waals surface area contributed by atoms with Crippen LogP contribution in [-0.4, -0.2) is 88.1 Å². The predicted octanol–water partition coefficient (Wildman–Crippen LogP) is 4.41. The summed E-state index contributed by atoms with van der Waals surface area (Å²) in [5.41, 5.74) is 9.97. The van der Waals surface area contributed by atoms with Gasteiger partial charge in [-0.15, -0.1) is 0 Å². The fourth-order valence-electron chi connectivity index (χ4n) is 4.49. The Kier molecular flexibility index (Phi) is 14.2. The van der Waals surface area contributed by atoms with Gasteiger partial charge >= 0.3 is 0 Å². The van der Waals surface area contributed by atoms with Crippen LogP contribution in [0.5, 0.6) is 5.75 Å². The van der Waals surface area contributed by atoms with Crippen molar-refractivity contribution >= 4 is 28.7 Å². The second kappa shape index (κ2) is 18.0. The third-order valence-electron chi connectivity index (χ3n) is 7.06. The third kappa shape index (κ3) is 10.7. The number of benzene rings is 2. The number of hydrogen-bond donors (Lipinski definition) is 3. The van der Waals surface area contributed by atoms with Gasteiger partial charge in [0.25, 0.3) is 5.91 Å². The van der Waals surface area contributed by atoms with Crippen LogP contribution in [0.4, 0.5) is 10.1 Å². The summed E-state index contributed by atoms with van der Waals surface area (Å²) in [6.45, 7) is 12.6. The van der Waals surface area contributed by atoms with Crippen LogP contribution < -0.4 is 21.1 Å². The number of methoxy groups -OCH3 is 1. The van der Waals surface area contributed by atoms with Gasteiger partial charge in [0.1, 0.15) is 0 Å². The normalized spacial score (nSPS) is 16.8. The number of halogens is 1. The molecule has 1 atom stereocenters. The molecule has 0 spiro atoms. The van der Waals surface area contributed by atoms with Gasteiger partial charge in [-0.05, 0) is 74.7 Å². The van der Waals surface area contributed by atoms with Crippen molar-refractivity contribution in [2.24, 2.45) is 15.7 Å². The zero-order valence-corrected chi connectivity index (χ0v) is 26.4. The van der Waals surface area contributed by atoms with Crippen molar-refractivity contribution in [3.05, 3.63) is 77.4 Å². The molecule has 2 aromatic carbocycles. The monoisotopic (exact) mass is 608 g/mol. The molecule has 0 aliphatic carbocycles. The van der Waals surface area contributed by atoms with Crippen molar-refractivity contribution in [2.45, 2.75) is 33.8 Å². The molecule has 0 saturated carbocycles. The minimum Gasteiger partial charge on any atom is -0.494 e. The Bertz CT molecular complexity index is 1370. The lowest BCUT2D eigenvalue weighted by Crippen LogP contribution is -2.46. The molecule has 4 N–H and O–H groups in total. The van der Waals surface area contributed by atoms with Crippen LogP contribution in [0.15, 0.2) is 64.9 Å². The molecule has 238 valence electrons. The van der Waals surface area contributed by atoms with E-state index in [2.05, 4.69) is 25.5 Å². The topological polar surface area (TPSA) is 123 Å². The number of rotatable bonds is 14. The molecule has 1 amide bonds. The fourth-order valence-corrected chi connectivity index (χ4v) is 4.49. The second-order valence-electron chi connectivity index (χ2n) is 10.4. The molecule has 2 aromatic rings. The summed E-state index contributed by atoms with van der Waals surface area (Å²) in [7, 11) is 1.43. The third-order valence-corrected chi connectivity index (χ3v) is 7.06. The van der Waals surface area contributed by atoms with E-state index in [1.165, 1.54) is 13.2 Å². The van der Waals surface area contributed by atoms with Gasteiger partial charge in [-0.1, -0.05) is 12.1 Å². The Morgan fingerprint density at radius 3 is 2.73 bits per heavy atom. The fraction of sp³-hybridized carbons (Fsp3) is 0.424. The molecule has 10 nitrogen and oxygen atoms in total. The van der Waals surface area contributed by atoms with Crippen LogP contribution in [-0.2, 0) is 9.47 Å². The maximum atomic E-state index is 14.2. The van der Waals surface area contributed by atoms with Crippen molar-refractivity contribution in [3.63, 3.8) is 0 Å². The molecule has 44 heavy (non-hydrogen) atoms. The average Bonchev–Trinajstić information content (AvgIpc) is 3.03. The number of morpholine rings is 1. The molecule has 0 radical (unpaired) electrons. The first-order valence-electron chi connectivity index (χ1n) is 14.8. The molecular formula is C33H45FN6O4. The summed E-state index contributed by atoms with van der Waals surface area (Å²) in [6, 6.07) is 10.3. The number of hydrogen-bond acceptors (Lipinski definition) is 8. The largest absolute Gasteiger partial charge is 0.494 e. The first-order chi connectivity index (χ1) is 21.2. The number of amides is 1. The molecule has 1 aliphatic rings. The molecule has 0 bridgehead atoms. The molecule has 1 heterocycles. The van der Waals surface area contributed by atoms with Crippen molar-refractivity contribution in [1.82, 2.24) is 10.2 Å². The predicted molar refractivity (Wildman–Crippen MR) is 175 cm³/mol. The highest BCUT2D eigenvalue weighted by Crippen LogP contribution is 2.22. The van der Waals surface area contributed by atoms with Gasteiger partial charge < -0.3 is 30.6 Å². The maximum Gasteiger partial charge on any atom is 0.251 e. The Balaban J connectivity index is 1.54. The van der Waals surface area contributed by atoms with Gasteiger partial charge in [0.05, 0.1) is 38.7 Å². The zero-order chi connectivity index (χ0) is 31.9. The molecule has 0 aromatic heterocycles. The summed E-state index contributed by atoms with van der Waals surface area (Å²) in [6.07, 6.45) is 5.25. The number of carbonyl (C=O) groups is 1. The second-order valence-corrected chi connectivity index (χ2v) is 10.4. The van der Waals surface area contributed by atoms with E-state index in [1.54, 1.807) is 30.6 Å². The lowest BCUT2D eigenvalue weighted by Gasteiger charge is -2.32. The number of allylic oxidation sites excluding steroid dienone is 2. The Morgan fingerprint density at radius 2 is 2.02 bits per heavy atom. The van der Waals surface area contributed by atoms with Crippen molar-refractivity contribution in [1.29, 1.82) is 0 Å². The summed E-state index contributed by atoms with van der Waals surface area (Å²) in [5, 5.41) is 6.23. The number of nitrogens with one attached hydrogen (secondary N) is 2. The molecule has 3 rings (SSSR count). The van der Waals surface area contributed by atoms with E-state index in [0.717, 1.165) is 36.5 Å². The van der Waals surface area contributed by atoms with E-state index >= 15 is 0 Å². The number of ether oxygens (including phenoxy) is 3. The SMILES string of the molecule is C/C=C\N=C(Nc1ccc(C(=O)NCCOCCN2CCOC(CN)C2)c(C)c1)C(C)=N/C=C(\C)c1ccc(OC)c(F)c1. The molecule has 1 aliphatic heterocycles. The van der Waals surface area contributed by atoms with Crippen LogP contribution >= 0.6 is 0 Å². The van der Waals surface area contributed by atoms with E-state index < -0.39 is 5.82 Å². The summed E-state index contributed by atoms with van der Waals surface area (Å²) >= 11 is 0. The Hall–Kier alpha value is -3.90. The summed E-state index contributed by atoms with van der Waals surface area (Å²) in [4.78, 5) is 24.2. The van der Waals surface area contributed by atoms with Gasteiger partial charge in [-0.3, -0.25) is 14.7 Å². The number of carbonyl (C=O) groups excluding carboxylic acids is 1. The average molecular weight is 609 g/mol. The van der Waals surface area contributed by atoms with E-state index in [9.17, 15) is 9.18 Å². The molecule has 1 saturated heterocycles. The maximum absolute atomic E-state index is 14.2.